The van der Waals surface area contributed by atoms with Crippen molar-refractivity contribution in [2.75, 3.05) is 0 Å². The molecule has 78 valence electrons. The minimum atomic E-state index is -0.319. The molecule has 6 heteroatoms. The van der Waals surface area contributed by atoms with Gasteiger partial charge in [-0.2, -0.15) is 0 Å². The van der Waals surface area contributed by atoms with Crippen LogP contribution in [0.4, 0.5) is 0 Å². The molecule has 0 saturated carbocycles. The molecule has 0 spiro atoms. The highest BCUT2D eigenvalue weighted by Crippen LogP contribution is 2.22. The van der Waals surface area contributed by atoms with Crippen molar-refractivity contribution in [1.82, 2.24) is 20.0 Å². The van der Waals surface area contributed by atoms with Crippen molar-refractivity contribution in [3.63, 3.8) is 0 Å². The molecular formula is C9H10BrN5. The number of aromatic nitrogens is 4. The summed E-state index contributed by atoms with van der Waals surface area (Å²) in [6, 6.07) is 5.32. The highest BCUT2D eigenvalue weighted by molar-refractivity contribution is 9.10. The van der Waals surface area contributed by atoms with Crippen LogP contribution >= 0.6 is 15.9 Å². The van der Waals surface area contributed by atoms with Gasteiger partial charge in [-0.25, -0.2) is 4.68 Å². The smallest absolute Gasteiger partial charge is 0.153 e. The summed E-state index contributed by atoms with van der Waals surface area (Å²) >= 11 is 3.31. The summed E-state index contributed by atoms with van der Waals surface area (Å²) in [6.45, 7) is 0. The molecule has 5 nitrogen and oxygen atoms in total. The minimum absolute atomic E-state index is 0.319. The number of aryl methyl sites for hydroxylation is 1. The van der Waals surface area contributed by atoms with Gasteiger partial charge < -0.3 is 5.73 Å². The summed E-state index contributed by atoms with van der Waals surface area (Å²) in [6.07, 6.45) is 1.72. The Morgan fingerprint density at radius 3 is 2.80 bits per heavy atom. The Morgan fingerprint density at radius 1 is 1.47 bits per heavy atom. The maximum absolute atomic E-state index is 6.07. The Labute approximate surface area is 95.4 Å². The lowest BCUT2D eigenvalue weighted by Gasteiger charge is -2.10. The molecule has 2 heterocycles. The van der Waals surface area contributed by atoms with E-state index in [4.69, 9.17) is 5.73 Å². The van der Waals surface area contributed by atoms with Gasteiger partial charge >= 0.3 is 0 Å². The van der Waals surface area contributed by atoms with Gasteiger partial charge in [-0.1, -0.05) is 11.3 Å². The Kier molecular flexibility index (Phi) is 2.79. The second-order valence-electron chi connectivity index (χ2n) is 3.12. The standard InChI is InChI=1S/C9H10BrN5/c1-15-8(9(10)13-14-15)7(11)6-4-2-3-5-12-6/h2-5,7H,11H2,1H3. The van der Waals surface area contributed by atoms with Gasteiger partial charge in [0.15, 0.2) is 4.60 Å². The zero-order valence-corrected chi connectivity index (χ0v) is 9.72. The van der Waals surface area contributed by atoms with Crippen LogP contribution in [0.1, 0.15) is 17.4 Å². The molecule has 0 aliphatic rings. The van der Waals surface area contributed by atoms with Crippen LogP contribution in [-0.4, -0.2) is 20.0 Å². The summed E-state index contributed by atoms with van der Waals surface area (Å²) in [7, 11) is 1.80. The lowest BCUT2D eigenvalue weighted by molar-refractivity contribution is 0.644. The van der Waals surface area contributed by atoms with Crippen LogP contribution in [0.15, 0.2) is 29.0 Å². The summed E-state index contributed by atoms with van der Waals surface area (Å²) in [5, 5.41) is 7.76. The first kappa shape index (κ1) is 10.3. The van der Waals surface area contributed by atoms with Gasteiger partial charge in [0.25, 0.3) is 0 Å². The summed E-state index contributed by atoms with van der Waals surface area (Å²) in [5.41, 5.74) is 7.68. The molecule has 0 radical (unpaired) electrons. The fraction of sp³-hybridized carbons (Fsp3) is 0.222. The van der Waals surface area contributed by atoms with E-state index in [1.807, 2.05) is 18.2 Å². The van der Waals surface area contributed by atoms with Crippen molar-refractivity contribution < 1.29 is 0 Å². The van der Waals surface area contributed by atoms with E-state index in [1.165, 1.54) is 0 Å². The minimum Gasteiger partial charge on any atom is -0.318 e. The molecular weight excluding hydrogens is 258 g/mol. The zero-order valence-electron chi connectivity index (χ0n) is 8.13. The van der Waals surface area contributed by atoms with Crippen molar-refractivity contribution in [2.45, 2.75) is 6.04 Å². The molecule has 2 N–H and O–H groups in total. The molecule has 0 fully saturated rings. The third-order valence-corrected chi connectivity index (χ3v) is 2.69. The number of halogens is 1. The van der Waals surface area contributed by atoms with Gasteiger partial charge in [0.05, 0.1) is 17.4 Å². The highest BCUT2D eigenvalue weighted by atomic mass is 79.9. The first-order valence-electron chi connectivity index (χ1n) is 4.41. The third-order valence-electron chi connectivity index (χ3n) is 2.13. The van der Waals surface area contributed by atoms with Crippen molar-refractivity contribution in [3.8, 4) is 0 Å². The van der Waals surface area contributed by atoms with Crippen molar-refractivity contribution in [2.24, 2.45) is 12.8 Å². The van der Waals surface area contributed by atoms with E-state index in [0.29, 0.717) is 4.60 Å². The molecule has 0 bridgehead atoms. The average molecular weight is 268 g/mol. The van der Waals surface area contributed by atoms with Gasteiger partial charge in [-0.05, 0) is 28.1 Å². The summed E-state index contributed by atoms with van der Waals surface area (Å²) in [4.78, 5) is 4.20. The molecule has 2 rings (SSSR count). The normalized spacial score (nSPS) is 12.7. The fourth-order valence-electron chi connectivity index (χ4n) is 1.37. The average Bonchev–Trinajstić information content (AvgIpc) is 2.59. The number of hydrogen-bond donors (Lipinski definition) is 1. The van der Waals surface area contributed by atoms with Gasteiger partial charge in [-0.15, -0.1) is 5.10 Å². The summed E-state index contributed by atoms with van der Waals surface area (Å²) < 4.78 is 2.30. The quantitative estimate of drug-likeness (QED) is 0.882. The number of pyridine rings is 1. The predicted octanol–water partition coefficient (Wildman–Crippen LogP) is 1.02. The van der Waals surface area contributed by atoms with Crippen LogP contribution in [0.5, 0.6) is 0 Å². The monoisotopic (exact) mass is 267 g/mol. The topological polar surface area (TPSA) is 69.6 Å². The second kappa shape index (κ2) is 4.08. The van der Waals surface area contributed by atoms with E-state index in [-0.39, 0.29) is 6.04 Å². The molecule has 2 aromatic heterocycles. The van der Waals surface area contributed by atoms with Gasteiger partial charge in [-0.3, -0.25) is 4.98 Å². The predicted molar refractivity (Wildman–Crippen MR) is 59.0 cm³/mol. The lowest BCUT2D eigenvalue weighted by Crippen LogP contribution is -2.17. The van der Waals surface area contributed by atoms with Gasteiger partial charge in [0.1, 0.15) is 0 Å². The fourth-order valence-corrected chi connectivity index (χ4v) is 1.94. The molecule has 2 aromatic rings. The largest absolute Gasteiger partial charge is 0.318 e. The molecule has 0 saturated heterocycles. The Morgan fingerprint density at radius 2 is 2.27 bits per heavy atom. The van der Waals surface area contributed by atoms with E-state index >= 15 is 0 Å². The summed E-state index contributed by atoms with van der Waals surface area (Å²) in [5.74, 6) is 0. The third kappa shape index (κ3) is 1.91. The molecule has 1 atom stereocenters. The number of nitrogens with two attached hydrogens (primary N) is 1. The van der Waals surface area contributed by atoms with Crippen LogP contribution in [0, 0.1) is 0 Å². The van der Waals surface area contributed by atoms with Crippen molar-refractivity contribution in [3.05, 3.63) is 40.4 Å². The SMILES string of the molecule is Cn1nnc(Br)c1C(N)c1ccccn1. The number of nitrogens with zero attached hydrogens (tertiary/aromatic N) is 4. The molecule has 0 amide bonds. The van der Waals surface area contributed by atoms with Crippen molar-refractivity contribution in [1.29, 1.82) is 0 Å². The van der Waals surface area contributed by atoms with Crippen LogP contribution in [0.2, 0.25) is 0 Å². The van der Waals surface area contributed by atoms with Crippen LogP contribution in [0.3, 0.4) is 0 Å². The molecule has 0 aliphatic carbocycles. The van der Waals surface area contributed by atoms with Crippen molar-refractivity contribution >= 4 is 15.9 Å². The van der Waals surface area contributed by atoms with E-state index in [1.54, 1.807) is 17.9 Å². The first-order chi connectivity index (χ1) is 7.20. The number of hydrogen-bond acceptors (Lipinski definition) is 4. The molecule has 15 heavy (non-hydrogen) atoms. The molecule has 1 unspecified atom stereocenters. The van der Waals surface area contributed by atoms with Gasteiger partial charge in [0, 0.05) is 13.2 Å². The zero-order chi connectivity index (χ0) is 10.8. The van der Waals surface area contributed by atoms with E-state index in [9.17, 15) is 0 Å². The van der Waals surface area contributed by atoms with E-state index < -0.39 is 0 Å². The van der Waals surface area contributed by atoms with Crippen LogP contribution in [0.25, 0.3) is 0 Å². The number of rotatable bonds is 2. The maximum Gasteiger partial charge on any atom is 0.153 e. The molecule has 0 aliphatic heterocycles. The Bertz CT molecular complexity index is 433. The lowest BCUT2D eigenvalue weighted by atomic mass is 10.1. The van der Waals surface area contributed by atoms with E-state index in [0.717, 1.165) is 11.4 Å². The van der Waals surface area contributed by atoms with Crippen LogP contribution in [-0.2, 0) is 7.05 Å². The highest BCUT2D eigenvalue weighted by Gasteiger charge is 2.18. The first-order valence-corrected chi connectivity index (χ1v) is 5.21. The van der Waals surface area contributed by atoms with Crippen LogP contribution < -0.4 is 5.73 Å². The Balaban J connectivity index is 2.41. The Hall–Kier alpha value is -1.27. The second-order valence-corrected chi connectivity index (χ2v) is 3.87. The van der Waals surface area contributed by atoms with E-state index in [2.05, 4.69) is 31.2 Å². The maximum atomic E-state index is 6.07. The molecule has 0 aromatic carbocycles. The van der Waals surface area contributed by atoms with Gasteiger partial charge in [0.2, 0.25) is 0 Å².